The number of ketones is 1. The lowest BCUT2D eigenvalue weighted by Crippen LogP contribution is -2.55. The zero-order valence-corrected chi connectivity index (χ0v) is 21.3. The van der Waals surface area contributed by atoms with E-state index in [1.54, 1.807) is 18.2 Å². The van der Waals surface area contributed by atoms with Gasteiger partial charge >= 0.3 is 6.09 Å². The highest BCUT2D eigenvalue weighted by Gasteiger charge is 2.35. The van der Waals surface area contributed by atoms with Gasteiger partial charge in [-0.2, -0.15) is 0 Å². The lowest BCUT2D eigenvalue weighted by molar-refractivity contribution is -0.133. The predicted molar refractivity (Wildman–Crippen MR) is 130 cm³/mol. The minimum atomic E-state index is -1.33. The van der Waals surface area contributed by atoms with Crippen LogP contribution >= 0.6 is 23.2 Å². The lowest BCUT2D eigenvalue weighted by atomic mass is 10.0. The summed E-state index contributed by atoms with van der Waals surface area (Å²) in [6.45, 7) is -0.184. The van der Waals surface area contributed by atoms with Crippen molar-refractivity contribution in [3.63, 3.8) is 0 Å². The number of hydrogen-bond acceptors (Lipinski definition) is 6. The third-order valence-electron chi connectivity index (χ3n) is 5.49. The van der Waals surface area contributed by atoms with Gasteiger partial charge in [0.15, 0.2) is 5.78 Å². The van der Waals surface area contributed by atoms with Crippen LogP contribution in [0.2, 0.25) is 10.0 Å². The molecule has 1 aliphatic rings. The van der Waals surface area contributed by atoms with Gasteiger partial charge in [0.05, 0.1) is 22.5 Å². The highest BCUT2D eigenvalue weighted by molar-refractivity contribution is 6.42. The normalized spacial score (nSPS) is 16.5. The summed E-state index contributed by atoms with van der Waals surface area (Å²) in [6, 6.07) is 2.59. The van der Waals surface area contributed by atoms with E-state index in [9.17, 15) is 23.6 Å². The number of nitrogens with one attached hydrogen (secondary N) is 2. The molecule has 0 aromatic heterocycles. The largest absolute Gasteiger partial charge is 0.445 e. The van der Waals surface area contributed by atoms with E-state index in [0.29, 0.717) is 48.0 Å². The molecular formula is C23H31Cl2FN4O5. The second-order valence-corrected chi connectivity index (χ2v) is 9.34. The molecule has 0 saturated carbocycles. The van der Waals surface area contributed by atoms with Crippen LogP contribution in [0.4, 0.5) is 9.18 Å². The van der Waals surface area contributed by atoms with E-state index < -0.39 is 48.9 Å². The molecule has 1 aliphatic heterocycles. The first kappa shape index (κ1) is 28.8. The van der Waals surface area contributed by atoms with Crippen molar-refractivity contribution in [2.45, 2.75) is 44.4 Å². The van der Waals surface area contributed by atoms with Gasteiger partial charge in [0.1, 0.15) is 19.3 Å². The van der Waals surface area contributed by atoms with Crippen LogP contribution in [0.25, 0.3) is 0 Å². The van der Waals surface area contributed by atoms with Crippen molar-refractivity contribution in [3.8, 4) is 0 Å². The summed E-state index contributed by atoms with van der Waals surface area (Å²) in [4.78, 5) is 53.1. The number of hydrogen-bond donors (Lipinski definition) is 2. The van der Waals surface area contributed by atoms with Crippen LogP contribution in [-0.4, -0.2) is 86.0 Å². The number of ether oxygens (including phenoxy) is 1. The fourth-order valence-electron chi connectivity index (χ4n) is 3.56. The molecule has 0 radical (unpaired) electrons. The summed E-state index contributed by atoms with van der Waals surface area (Å²) in [5.41, 5.74) is 0.625. The number of nitrogens with zero attached hydrogens (tertiary/aromatic N) is 2. The molecule has 2 atom stereocenters. The van der Waals surface area contributed by atoms with Gasteiger partial charge in [-0.1, -0.05) is 29.3 Å². The minimum Gasteiger partial charge on any atom is -0.445 e. The van der Waals surface area contributed by atoms with Crippen molar-refractivity contribution in [3.05, 3.63) is 33.8 Å². The maximum Gasteiger partial charge on any atom is 0.410 e. The number of rotatable bonds is 11. The average molecular weight is 533 g/mol. The molecule has 2 N–H and O–H groups in total. The smallest absolute Gasteiger partial charge is 0.410 e. The quantitative estimate of drug-likeness (QED) is 0.453. The Morgan fingerprint density at radius 2 is 1.94 bits per heavy atom. The first-order valence-electron chi connectivity index (χ1n) is 11.3. The van der Waals surface area contributed by atoms with Gasteiger partial charge in [-0.15, -0.1) is 0 Å². The first-order chi connectivity index (χ1) is 16.6. The number of piperidine rings is 1. The number of alkyl halides is 1. The first-order valence-corrected chi connectivity index (χ1v) is 12.1. The zero-order chi connectivity index (χ0) is 26.0. The fraction of sp³-hybridized carbons (Fsp3) is 0.565. The van der Waals surface area contributed by atoms with Crippen LogP contribution in [0, 0.1) is 0 Å². The monoisotopic (exact) mass is 532 g/mol. The molecule has 0 aliphatic carbocycles. The zero-order valence-electron chi connectivity index (χ0n) is 19.8. The molecule has 0 spiro atoms. The van der Waals surface area contributed by atoms with E-state index in [1.165, 1.54) is 4.90 Å². The van der Waals surface area contributed by atoms with E-state index in [0.717, 1.165) is 0 Å². The van der Waals surface area contributed by atoms with Gasteiger partial charge in [-0.3, -0.25) is 19.3 Å². The van der Waals surface area contributed by atoms with Crippen LogP contribution in [0.3, 0.4) is 0 Å². The maximum absolute atomic E-state index is 13.1. The molecule has 1 aromatic carbocycles. The number of likely N-dealkylation sites (tertiary alicyclic amines) is 1. The fourth-order valence-corrected chi connectivity index (χ4v) is 3.88. The molecular weight excluding hydrogens is 502 g/mol. The van der Waals surface area contributed by atoms with Crippen molar-refractivity contribution in [2.24, 2.45) is 0 Å². The second kappa shape index (κ2) is 14.2. The van der Waals surface area contributed by atoms with Crippen molar-refractivity contribution >= 4 is 46.9 Å². The molecule has 1 saturated heterocycles. The molecule has 0 bridgehead atoms. The van der Waals surface area contributed by atoms with Crippen molar-refractivity contribution in [1.82, 2.24) is 20.4 Å². The molecule has 2 unspecified atom stereocenters. The topological polar surface area (TPSA) is 108 Å². The summed E-state index contributed by atoms with van der Waals surface area (Å²) in [7, 11) is 3.68. The van der Waals surface area contributed by atoms with Crippen molar-refractivity contribution < 1.29 is 28.3 Å². The Hall–Kier alpha value is -2.43. The van der Waals surface area contributed by atoms with Gasteiger partial charge in [0, 0.05) is 19.6 Å². The Morgan fingerprint density at radius 1 is 1.20 bits per heavy atom. The number of likely N-dealkylation sites (N-methyl/N-ethyl adjacent to an activating group) is 1. The molecule has 3 amide bonds. The SMILES string of the molecule is CN(C)CCNC(=O)CC(NC(=O)C1CCCCN1C(=O)OCc1ccc(Cl)c(Cl)c1)C(=O)CF. The summed E-state index contributed by atoms with van der Waals surface area (Å²) in [5.74, 6) is -2.03. The van der Waals surface area contributed by atoms with Crippen LogP contribution in [-0.2, 0) is 25.7 Å². The van der Waals surface area contributed by atoms with E-state index >= 15 is 0 Å². The third-order valence-corrected chi connectivity index (χ3v) is 6.23. The Kier molecular flexibility index (Phi) is 11.7. The van der Waals surface area contributed by atoms with Crippen LogP contribution in [0.5, 0.6) is 0 Å². The van der Waals surface area contributed by atoms with Crippen LogP contribution in [0.1, 0.15) is 31.2 Å². The number of amides is 3. The Bertz CT molecular complexity index is 918. The number of benzene rings is 1. The maximum atomic E-state index is 13.1. The molecule has 1 heterocycles. The summed E-state index contributed by atoms with van der Waals surface area (Å²) >= 11 is 11.9. The molecule has 12 heteroatoms. The molecule has 194 valence electrons. The van der Waals surface area contributed by atoms with Crippen LogP contribution in [0.15, 0.2) is 18.2 Å². The molecule has 2 rings (SSSR count). The molecule has 35 heavy (non-hydrogen) atoms. The van der Waals surface area contributed by atoms with Gasteiger partial charge in [0.2, 0.25) is 11.8 Å². The van der Waals surface area contributed by atoms with Crippen molar-refractivity contribution in [1.29, 1.82) is 0 Å². The van der Waals surface area contributed by atoms with E-state index in [4.69, 9.17) is 27.9 Å². The Labute approximate surface area is 214 Å². The average Bonchev–Trinajstić information content (AvgIpc) is 2.83. The lowest BCUT2D eigenvalue weighted by Gasteiger charge is -2.34. The number of carbonyl (C=O) groups excluding carboxylic acids is 4. The molecule has 9 nitrogen and oxygen atoms in total. The van der Waals surface area contributed by atoms with Gasteiger partial charge in [-0.25, -0.2) is 9.18 Å². The predicted octanol–water partition coefficient (Wildman–Crippen LogP) is 2.58. The standard InChI is InChI=1S/C23H31Cl2FN4O5/c1-29(2)10-8-27-21(32)12-18(20(31)13-26)28-22(33)19-5-3-4-9-30(19)23(34)35-14-15-6-7-16(24)17(25)11-15/h6-7,11,18-19H,3-5,8-10,12-14H2,1-2H3,(H,27,32)(H,28,33). The summed E-state index contributed by atoms with van der Waals surface area (Å²) in [6.07, 6.45) is 0.606. The summed E-state index contributed by atoms with van der Waals surface area (Å²) < 4.78 is 18.5. The number of Topliss-reactive ketones (excluding diaryl/α,β-unsaturated/α-hetero) is 1. The highest BCUT2D eigenvalue weighted by Crippen LogP contribution is 2.24. The van der Waals surface area contributed by atoms with Crippen molar-refractivity contribution in [2.75, 3.05) is 40.4 Å². The second-order valence-electron chi connectivity index (χ2n) is 8.53. The number of halogens is 3. The molecule has 1 aromatic rings. The van der Waals surface area contributed by atoms with Gasteiger partial charge in [-0.05, 0) is 51.1 Å². The summed E-state index contributed by atoms with van der Waals surface area (Å²) in [5, 5.41) is 5.79. The van der Waals surface area contributed by atoms with Crippen LogP contribution < -0.4 is 10.6 Å². The number of carbonyl (C=O) groups is 4. The Morgan fingerprint density at radius 3 is 2.60 bits per heavy atom. The van der Waals surface area contributed by atoms with E-state index in [1.807, 2.05) is 19.0 Å². The van der Waals surface area contributed by atoms with E-state index in [2.05, 4.69) is 10.6 Å². The van der Waals surface area contributed by atoms with E-state index in [-0.39, 0.29) is 13.2 Å². The van der Waals surface area contributed by atoms with Gasteiger partial charge in [0.25, 0.3) is 0 Å². The Balaban J connectivity index is 1.99. The third kappa shape index (κ3) is 9.27. The van der Waals surface area contributed by atoms with Gasteiger partial charge < -0.3 is 20.3 Å². The highest BCUT2D eigenvalue weighted by atomic mass is 35.5. The molecule has 1 fully saturated rings. The minimum absolute atomic E-state index is 0.0728.